The zero-order valence-electron chi connectivity index (χ0n) is 11.0. The summed E-state index contributed by atoms with van der Waals surface area (Å²) in [5.41, 5.74) is 1.52. The van der Waals surface area contributed by atoms with Gasteiger partial charge in [0.05, 0.1) is 11.0 Å². The van der Waals surface area contributed by atoms with Crippen LogP contribution in [0, 0.1) is 24.0 Å². The molecule has 6 nitrogen and oxygen atoms in total. The fraction of sp³-hybridized carbons (Fsp3) is 0.231. The summed E-state index contributed by atoms with van der Waals surface area (Å²) in [5.74, 6) is 0.862. The lowest BCUT2D eigenvalue weighted by Crippen LogP contribution is -2.04. The van der Waals surface area contributed by atoms with Gasteiger partial charge >= 0.3 is 0 Å². The summed E-state index contributed by atoms with van der Waals surface area (Å²) in [5, 5.41) is 11.1. The van der Waals surface area contributed by atoms with Crippen LogP contribution < -0.4 is 4.74 Å². The van der Waals surface area contributed by atoms with Crippen molar-refractivity contribution in [3.8, 4) is 5.75 Å². The van der Waals surface area contributed by atoms with Crippen LogP contribution >= 0.6 is 11.6 Å². The first-order valence-corrected chi connectivity index (χ1v) is 6.21. The summed E-state index contributed by atoms with van der Waals surface area (Å²) in [7, 11) is 0. The number of ether oxygens (including phenoxy) is 1. The van der Waals surface area contributed by atoms with Gasteiger partial charge in [0.25, 0.3) is 5.69 Å². The van der Waals surface area contributed by atoms with E-state index in [0.717, 1.165) is 11.3 Å². The Bertz CT molecular complexity index is 641. The number of nitrogens with zero attached hydrogens (tertiary/aromatic N) is 3. The number of nitro groups is 1. The zero-order valence-corrected chi connectivity index (χ0v) is 11.7. The second kappa shape index (κ2) is 5.83. The van der Waals surface area contributed by atoms with Crippen LogP contribution in [-0.4, -0.2) is 14.9 Å². The van der Waals surface area contributed by atoms with Crippen molar-refractivity contribution in [2.45, 2.75) is 20.5 Å². The van der Waals surface area contributed by atoms with E-state index in [9.17, 15) is 10.1 Å². The van der Waals surface area contributed by atoms with E-state index in [1.165, 1.54) is 12.1 Å². The van der Waals surface area contributed by atoms with E-state index in [1.807, 2.05) is 6.92 Å². The summed E-state index contributed by atoms with van der Waals surface area (Å²) in [6.45, 7) is 3.71. The minimum atomic E-state index is -0.466. The highest BCUT2D eigenvalue weighted by Crippen LogP contribution is 2.24. The molecule has 1 aromatic heterocycles. The third-order valence-corrected chi connectivity index (χ3v) is 2.80. The minimum absolute atomic E-state index is 0.0196. The minimum Gasteiger partial charge on any atom is -0.485 e. The lowest BCUT2D eigenvalue weighted by Gasteiger charge is -2.08. The molecule has 0 amide bonds. The average Bonchev–Trinajstić information content (AvgIpc) is 2.36. The lowest BCUT2D eigenvalue weighted by atomic mass is 10.2. The third kappa shape index (κ3) is 3.42. The molecule has 0 N–H and O–H groups in total. The zero-order chi connectivity index (χ0) is 14.7. The van der Waals surface area contributed by atoms with Gasteiger partial charge in [0, 0.05) is 11.8 Å². The van der Waals surface area contributed by atoms with Gasteiger partial charge in [0.1, 0.15) is 17.5 Å². The van der Waals surface area contributed by atoms with Crippen molar-refractivity contribution in [1.82, 2.24) is 9.97 Å². The van der Waals surface area contributed by atoms with Crippen molar-refractivity contribution in [3.05, 3.63) is 56.6 Å². The summed E-state index contributed by atoms with van der Waals surface area (Å²) in [4.78, 5) is 18.5. The van der Waals surface area contributed by atoms with E-state index in [1.54, 1.807) is 19.1 Å². The number of non-ortho nitro benzene ring substituents is 1. The Morgan fingerprint density at radius 1 is 1.30 bits per heavy atom. The van der Waals surface area contributed by atoms with Gasteiger partial charge in [-0.1, -0.05) is 11.6 Å². The maximum atomic E-state index is 10.7. The van der Waals surface area contributed by atoms with Crippen LogP contribution in [0.5, 0.6) is 5.75 Å². The molecule has 0 saturated carbocycles. The largest absolute Gasteiger partial charge is 0.485 e. The van der Waals surface area contributed by atoms with Gasteiger partial charge in [0.2, 0.25) is 0 Å². The molecule has 0 atom stereocenters. The number of hydrogen-bond acceptors (Lipinski definition) is 5. The predicted molar refractivity (Wildman–Crippen MR) is 73.9 cm³/mol. The first-order chi connectivity index (χ1) is 9.45. The van der Waals surface area contributed by atoms with Crippen LogP contribution in [0.15, 0.2) is 24.3 Å². The number of benzene rings is 1. The Morgan fingerprint density at radius 3 is 2.70 bits per heavy atom. The molecular weight excluding hydrogens is 282 g/mol. The van der Waals surface area contributed by atoms with Crippen LogP contribution in [0.1, 0.15) is 17.1 Å². The van der Waals surface area contributed by atoms with E-state index in [2.05, 4.69) is 9.97 Å². The Balaban J connectivity index is 2.18. The molecule has 104 valence electrons. The van der Waals surface area contributed by atoms with Crippen LogP contribution in [0.2, 0.25) is 5.15 Å². The summed E-state index contributed by atoms with van der Waals surface area (Å²) in [6, 6.07) is 6.09. The highest BCUT2D eigenvalue weighted by Gasteiger charge is 2.10. The number of hydrogen-bond donors (Lipinski definition) is 0. The normalized spacial score (nSPS) is 10.3. The van der Waals surface area contributed by atoms with E-state index in [4.69, 9.17) is 16.3 Å². The fourth-order valence-corrected chi connectivity index (χ4v) is 1.91. The molecule has 0 fully saturated rings. The van der Waals surface area contributed by atoms with Crippen LogP contribution in [0.3, 0.4) is 0 Å². The molecule has 2 aromatic rings. The van der Waals surface area contributed by atoms with Gasteiger partial charge in [-0.2, -0.15) is 0 Å². The first kappa shape index (κ1) is 14.2. The van der Waals surface area contributed by atoms with E-state index < -0.39 is 4.92 Å². The average molecular weight is 294 g/mol. The molecule has 0 unspecified atom stereocenters. The third-order valence-electron chi connectivity index (χ3n) is 2.61. The van der Waals surface area contributed by atoms with Crippen molar-refractivity contribution >= 4 is 17.3 Å². The fourth-order valence-electron chi connectivity index (χ4n) is 1.65. The molecule has 0 aliphatic heterocycles. The lowest BCUT2D eigenvalue weighted by molar-refractivity contribution is -0.385. The summed E-state index contributed by atoms with van der Waals surface area (Å²) >= 11 is 5.83. The number of nitro benzene ring substituents is 1. The van der Waals surface area contributed by atoms with Crippen LogP contribution in [0.4, 0.5) is 5.69 Å². The standard InChI is InChI=1S/C13H12ClN3O3/c1-8-3-4-10(17(18)19)6-11(8)20-7-13-15-9(2)5-12(14)16-13/h3-6H,7H2,1-2H3. The van der Waals surface area contributed by atoms with Gasteiger partial charge in [-0.3, -0.25) is 10.1 Å². The van der Waals surface area contributed by atoms with Crippen molar-refractivity contribution in [1.29, 1.82) is 0 Å². The molecule has 7 heteroatoms. The second-order valence-corrected chi connectivity index (χ2v) is 4.63. The van der Waals surface area contributed by atoms with E-state index in [-0.39, 0.29) is 12.3 Å². The Kier molecular flexibility index (Phi) is 4.14. The Hall–Kier alpha value is -2.21. The molecule has 1 aromatic carbocycles. The Labute approximate surface area is 120 Å². The van der Waals surface area contributed by atoms with Gasteiger partial charge < -0.3 is 4.74 Å². The summed E-state index contributed by atoms with van der Waals surface area (Å²) < 4.78 is 5.54. The number of aryl methyl sites for hydroxylation is 2. The van der Waals surface area contributed by atoms with Gasteiger partial charge in [-0.05, 0) is 31.5 Å². The maximum absolute atomic E-state index is 10.7. The number of aromatic nitrogens is 2. The smallest absolute Gasteiger partial charge is 0.273 e. The van der Waals surface area contributed by atoms with Crippen molar-refractivity contribution < 1.29 is 9.66 Å². The van der Waals surface area contributed by atoms with Crippen LogP contribution in [0.25, 0.3) is 0 Å². The molecular formula is C13H12ClN3O3. The topological polar surface area (TPSA) is 78.2 Å². The van der Waals surface area contributed by atoms with E-state index >= 15 is 0 Å². The predicted octanol–water partition coefficient (Wildman–Crippen LogP) is 3.23. The molecule has 0 radical (unpaired) electrons. The van der Waals surface area contributed by atoms with Crippen LogP contribution in [-0.2, 0) is 6.61 Å². The van der Waals surface area contributed by atoms with Crippen molar-refractivity contribution in [3.63, 3.8) is 0 Å². The molecule has 2 rings (SSSR count). The Morgan fingerprint density at radius 2 is 2.05 bits per heavy atom. The highest BCUT2D eigenvalue weighted by atomic mass is 35.5. The number of rotatable bonds is 4. The molecule has 0 spiro atoms. The molecule has 0 aliphatic rings. The molecule has 0 bridgehead atoms. The van der Waals surface area contributed by atoms with Gasteiger partial charge in [-0.25, -0.2) is 9.97 Å². The molecule has 1 heterocycles. The SMILES string of the molecule is Cc1cc(Cl)nc(COc2cc([N+](=O)[O-])ccc2C)n1. The van der Waals surface area contributed by atoms with Gasteiger partial charge in [-0.15, -0.1) is 0 Å². The molecule has 20 heavy (non-hydrogen) atoms. The monoisotopic (exact) mass is 293 g/mol. The maximum Gasteiger partial charge on any atom is 0.273 e. The number of halogens is 1. The first-order valence-electron chi connectivity index (χ1n) is 5.83. The van der Waals surface area contributed by atoms with E-state index in [0.29, 0.717) is 16.7 Å². The van der Waals surface area contributed by atoms with Crippen molar-refractivity contribution in [2.24, 2.45) is 0 Å². The highest BCUT2D eigenvalue weighted by molar-refractivity contribution is 6.29. The quantitative estimate of drug-likeness (QED) is 0.491. The summed E-state index contributed by atoms with van der Waals surface area (Å²) in [6.07, 6.45) is 0. The molecule has 0 saturated heterocycles. The van der Waals surface area contributed by atoms with Gasteiger partial charge in [0.15, 0.2) is 5.82 Å². The molecule has 0 aliphatic carbocycles. The van der Waals surface area contributed by atoms with Crippen molar-refractivity contribution in [2.75, 3.05) is 0 Å². The second-order valence-electron chi connectivity index (χ2n) is 4.24.